The van der Waals surface area contributed by atoms with Crippen LogP contribution in [0.1, 0.15) is 18.2 Å². The van der Waals surface area contributed by atoms with Gasteiger partial charge in [0.15, 0.2) is 11.5 Å². The normalized spacial score (nSPS) is 11.5. The van der Waals surface area contributed by atoms with Crippen LogP contribution in [0.5, 0.6) is 23.0 Å². The monoisotopic (exact) mass is 541 g/mol. The molecule has 200 valence electrons. The van der Waals surface area contributed by atoms with E-state index in [0.29, 0.717) is 5.56 Å². The number of hydrogen-bond acceptors (Lipinski definition) is 8. The van der Waals surface area contributed by atoms with E-state index in [2.05, 4.69) is 0 Å². The molecular formula is C27H18F3NO8. The standard InChI is InChI=1S/C27H18F3NO8/c1-2-36-20-8-3-4-9-21(20)38-25-24(33)19-12-11-18(15-22(19)39-26(25)27(28,29)30)37-23(32)13-10-16-6-5-7-17(14-16)31(34)35/h3-15H,2H2,1H3/b13-10+. The van der Waals surface area contributed by atoms with Crippen LogP contribution in [0.25, 0.3) is 17.0 Å². The zero-order chi connectivity index (χ0) is 28.2. The zero-order valence-corrected chi connectivity index (χ0v) is 20.1. The molecule has 12 heteroatoms. The maximum atomic E-state index is 13.9. The number of fused-ring (bicyclic) bond motifs is 1. The van der Waals surface area contributed by atoms with Crippen molar-refractivity contribution in [1.82, 2.24) is 0 Å². The number of carbonyl (C=O) groups is 1. The van der Waals surface area contributed by atoms with E-state index in [-0.39, 0.29) is 34.9 Å². The summed E-state index contributed by atoms with van der Waals surface area (Å²) >= 11 is 0. The first-order valence-electron chi connectivity index (χ1n) is 11.3. The summed E-state index contributed by atoms with van der Waals surface area (Å²) in [7, 11) is 0. The molecule has 0 saturated heterocycles. The van der Waals surface area contributed by atoms with Crippen LogP contribution in [0.15, 0.2) is 82.0 Å². The predicted molar refractivity (Wildman–Crippen MR) is 133 cm³/mol. The first kappa shape index (κ1) is 26.9. The third-order valence-electron chi connectivity index (χ3n) is 5.15. The lowest BCUT2D eigenvalue weighted by Gasteiger charge is -2.15. The number of alkyl halides is 3. The molecule has 0 aliphatic carbocycles. The van der Waals surface area contributed by atoms with Crippen molar-refractivity contribution >= 4 is 28.7 Å². The minimum Gasteiger partial charge on any atom is -0.490 e. The van der Waals surface area contributed by atoms with E-state index < -0.39 is 39.6 Å². The Morgan fingerprint density at radius 1 is 1.05 bits per heavy atom. The minimum atomic E-state index is -5.10. The second-order valence-corrected chi connectivity index (χ2v) is 7.83. The smallest absolute Gasteiger partial charge is 0.453 e. The van der Waals surface area contributed by atoms with Gasteiger partial charge in [0.25, 0.3) is 11.4 Å². The van der Waals surface area contributed by atoms with Gasteiger partial charge in [-0.15, -0.1) is 0 Å². The van der Waals surface area contributed by atoms with Crippen molar-refractivity contribution in [3.05, 3.63) is 104 Å². The Morgan fingerprint density at radius 3 is 2.49 bits per heavy atom. The summed E-state index contributed by atoms with van der Waals surface area (Å²) in [4.78, 5) is 35.6. The molecule has 0 amide bonds. The van der Waals surface area contributed by atoms with Crippen LogP contribution in [0, 0.1) is 10.1 Å². The summed E-state index contributed by atoms with van der Waals surface area (Å²) in [6.07, 6.45) is -2.85. The predicted octanol–water partition coefficient (Wildman–Crippen LogP) is 6.53. The van der Waals surface area contributed by atoms with Crippen molar-refractivity contribution in [3.63, 3.8) is 0 Å². The van der Waals surface area contributed by atoms with Crippen LogP contribution in [0.2, 0.25) is 0 Å². The van der Waals surface area contributed by atoms with Gasteiger partial charge in [-0.25, -0.2) is 4.79 Å². The number of benzene rings is 3. The summed E-state index contributed by atoms with van der Waals surface area (Å²) in [5.74, 6) is -3.87. The van der Waals surface area contributed by atoms with Crippen LogP contribution in [0.4, 0.5) is 18.9 Å². The van der Waals surface area contributed by atoms with Gasteiger partial charge in [0.1, 0.15) is 11.3 Å². The molecule has 0 bridgehead atoms. The molecule has 9 nitrogen and oxygen atoms in total. The van der Waals surface area contributed by atoms with Gasteiger partial charge < -0.3 is 18.6 Å². The highest BCUT2D eigenvalue weighted by molar-refractivity contribution is 5.89. The van der Waals surface area contributed by atoms with E-state index in [1.807, 2.05) is 0 Å². The number of rotatable bonds is 8. The van der Waals surface area contributed by atoms with Crippen molar-refractivity contribution in [2.75, 3.05) is 6.61 Å². The SMILES string of the molecule is CCOc1ccccc1Oc1c(C(F)(F)F)oc2cc(OC(=O)/C=C/c3cccc([N+](=O)[O-])c3)ccc2c1=O. The lowest BCUT2D eigenvalue weighted by Crippen LogP contribution is -2.16. The Kier molecular flexibility index (Phi) is 7.65. The minimum absolute atomic E-state index is 0.113. The largest absolute Gasteiger partial charge is 0.490 e. The highest BCUT2D eigenvalue weighted by atomic mass is 19.4. The number of esters is 1. The third kappa shape index (κ3) is 6.24. The number of non-ortho nitro benzene ring substituents is 1. The van der Waals surface area contributed by atoms with Gasteiger partial charge in [0, 0.05) is 24.3 Å². The average Bonchev–Trinajstić information content (AvgIpc) is 2.89. The molecule has 39 heavy (non-hydrogen) atoms. The fourth-order valence-electron chi connectivity index (χ4n) is 3.47. The maximum Gasteiger partial charge on any atom is 0.453 e. The number of nitro groups is 1. The van der Waals surface area contributed by atoms with Crippen molar-refractivity contribution in [2.24, 2.45) is 0 Å². The highest BCUT2D eigenvalue weighted by Gasteiger charge is 2.40. The van der Waals surface area contributed by atoms with Gasteiger partial charge in [-0.05, 0) is 42.8 Å². The molecule has 0 aliphatic heterocycles. The summed E-state index contributed by atoms with van der Waals surface area (Å²) in [5, 5.41) is 10.6. The van der Waals surface area contributed by atoms with Crippen molar-refractivity contribution in [1.29, 1.82) is 0 Å². The maximum absolute atomic E-state index is 13.9. The molecule has 1 heterocycles. The molecule has 0 unspecified atom stereocenters. The van der Waals surface area contributed by atoms with Crippen LogP contribution in [0.3, 0.4) is 0 Å². The molecule has 0 aliphatic rings. The lowest BCUT2D eigenvalue weighted by atomic mass is 10.2. The molecule has 0 atom stereocenters. The number of ether oxygens (including phenoxy) is 3. The van der Waals surface area contributed by atoms with Crippen LogP contribution in [-0.2, 0) is 11.0 Å². The number of para-hydroxylation sites is 2. The van der Waals surface area contributed by atoms with Crippen LogP contribution < -0.4 is 19.6 Å². The fourth-order valence-corrected chi connectivity index (χ4v) is 3.47. The molecule has 0 N–H and O–H groups in total. The van der Waals surface area contributed by atoms with E-state index in [1.54, 1.807) is 13.0 Å². The summed E-state index contributed by atoms with van der Waals surface area (Å²) < 4.78 is 62.5. The van der Waals surface area contributed by atoms with Crippen LogP contribution in [-0.4, -0.2) is 17.5 Å². The van der Waals surface area contributed by atoms with E-state index in [4.69, 9.17) is 18.6 Å². The van der Waals surface area contributed by atoms with Gasteiger partial charge in [0.05, 0.1) is 16.9 Å². The summed E-state index contributed by atoms with van der Waals surface area (Å²) in [6, 6.07) is 14.7. The molecule has 4 rings (SSSR count). The Bertz CT molecular complexity index is 1640. The fraction of sp³-hybridized carbons (Fsp3) is 0.111. The zero-order valence-electron chi connectivity index (χ0n) is 20.1. The average molecular weight is 541 g/mol. The Labute approximate surface area is 217 Å². The van der Waals surface area contributed by atoms with Gasteiger partial charge in [-0.1, -0.05) is 24.3 Å². The number of nitro benzene ring substituents is 1. The summed E-state index contributed by atoms with van der Waals surface area (Å²) in [5.41, 5.74) is -1.43. The van der Waals surface area contributed by atoms with Crippen LogP contribution >= 0.6 is 0 Å². The molecule has 0 fully saturated rings. The number of nitrogens with zero attached hydrogens (tertiary/aromatic N) is 1. The van der Waals surface area contributed by atoms with E-state index in [9.17, 15) is 32.9 Å². The first-order chi connectivity index (χ1) is 18.6. The van der Waals surface area contributed by atoms with Crippen molar-refractivity contribution in [2.45, 2.75) is 13.1 Å². The molecule has 1 aromatic heterocycles. The molecule has 0 spiro atoms. The Balaban J connectivity index is 1.65. The lowest BCUT2D eigenvalue weighted by molar-refractivity contribution is -0.384. The molecular weight excluding hydrogens is 523 g/mol. The number of halogens is 3. The number of carbonyl (C=O) groups excluding carboxylic acids is 1. The van der Waals surface area contributed by atoms with Gasteiger partial charge in [-0.2, -0.15) is 13.2 Å². The Morgan fingerprint density at radius 2 is 1.79 bits per heavy atom. The quantitative estimate of drug-likeness (QED) is 0.0812. The molecule has 0 radical (unpaired) electrons. The highest BCUT2D eigenvalue weighted by Crippen LogP contribution is 2.40. The van der Waals surface area contributed by atoms with Crippen molar-refractivity contribution < 1.29 is 41.5 Å². The van der Waals surface area contributed by atoms with Crippen molar-refractivity contribution in [3.8, 4) is 23.0 Å². The number of hydrogen-bond donors (Lipinski definition) is 0. The Hall–Kier alpha value is -5.13. The molecule has 0 saturated carbocycles. The van der Waals surface area contributed by atoms with E-state index in [0.717, 1.165) is 18.2 Å². The second kappa shape index (κ2) is 11.1. The van der Waals surface area contributed by atoms with Gasteiger partial charge >= 0.3 is 12.1 Å². The molecule has 4 aromatic rings. The van der Waals surface area contributed by atoms with E-state index >= 15 is 0 Å². The third-order valence-corrected chi connectivity index (χ3v) is 5.15. The first-order valence-corrected chi connectivity index (χ1v) is 11.3. The topological polar surface area (TPSA) is 118 Å². The summed E-state index contributed by atoms with van der Waals surface area (Å²) in [6.45, 7) is 1.89. The van der Waals surface area contributed by atoms with E-state index in [1.165, 1.54) is 54.6 Å². The van der Waals surface area contributed by atoms with Gasteiger partial charge in [-0.3, -0.25) is 14.9 Å². The van der Waals surface area contributed by atoms with Gasteiger partial charge in [0.2, 0.25) is 11.2 Å². The second-order valence-electron chi connectivity index (χ2n) is 7.83. The molecule has 3 aromatic carbocycles.